The van der Waals surface area contributed by atoms with Crippen LogP contribution < -0.4 is 10.6 Å². The van der Waals surface area contributed by atoms with Crippen LogP contribution in [-0.4, -0.2) is 61.8 Å². The van der Waals surface area contributed by atoms with Crippen LogP contribution in [0.25, 0.3) is 0 Å². The molecule has 0 aliphatic heterocycles. The van der Waals surface area contributed by atoms with Gasteiger partial charge in [0.25, 0.3) is 11.8 Å². The first kappa shape index (κ1) is 24.7. The fourth-order valence-electron chi connectivity index (χ4n) is 1.89. The van der Waals surface area contributed by atoms with E-state index >= 15 is 0 Å². The van der Waals surface area contributed by atoms with Gasteiger partial charge in [0.15, 0.2) is 23.6 Å². The van der Waals surface area contributed by atoms with Crippen LogP contribution in [0.15, 0.2) is 28.7 Å². The maximum atomic E-state index is 11.6. The summed E-state index contributed by atoms with van der Waals surface area (Å²) in [6, 6.07) is 5.99. The van der Waals surface area contributed by atoms with E-state index in [1.54, 1.807) is 19.1 Å². The molecule has 0 atom stereocenters. The zero-order valence-electron chi connectivity index (χ0n) is 16.4. The Hall–Kier alpha value is -3.31. The number of aliphatic hydroxyl groups excluding tert-OH is 1. The number of furan rings is 1. The number of esters is 1. The minimum Gasteiger partial charge on any atom is -0.468 e. The van der Waals surface area contributed by atoms with E-state index in [9.17, 15) is 24.0 Å². The second-order valence-corrected chi connectivity index (χ2v) is 6.58. The largest absolute Gasteiger partial charge is 0.468 e. The lowest BCUT2D eigenvalue weighted by molar-refractivity contribution is -0.139. The number of hydrogen-bond donors (Lipinski definition) is 3. The number of Topliss-reactive ketones (excluding diaryl/α,β-unsaturated/α-hetero) is 1. The molecule has 0 aliphatic rings. The first-order valence-electron chi connectivity index (χ1n) is 8.78. The Morgan fingerprint density at radius 3 is 2.37 bits per heavy atom. The standard InChI is InChI=1S/C11H13NO4S.C8H9NO4/c1-3-7(13)8-4-5-9(17-8)11(15)12-6-10(14)16-2;10-4-3-9-8(12)7-2-1-6(5-11)13-7/h4-5H,3,6H2,1-2H3,(H,12,15);1-2,5,10H,3-4H2,(H,9,12). The van der Waals surface area contributed by atoms with Gasteiger partial charge in [0.05, 0.1) is 23.5 Å². The average molecular weight is 438 g/mol. The van der Waals surface area contributed by atoms with Crippen LogP contribution in [0.2, 0.25) is 0 Å². The molecule has 0 bridgehead atoms. The summed E-state index contributed by atoms with van der Waals surface area (Å²) in [4.78, 5) is 56.0. The minimum absolute atomic E-state index is 0.00187. The van der Waals surface area contributed by atoms with Crippen molar-refractivity contribution in [3.63, 3.8) is 0 Å². The summed E-state index contributed by atoms with van der Waals surface area (Å²) in [7, 11) is 1.25. The SMILES string of the molecule is CCC(=O)c1ccc(C(=O)NCC(=O)OC)s1.O=Cc1ccc(C(=O)NCCO)o1. The van der Waals surface area contributed by atoms with E-state index in [1.165, 1.54) is 19.2 Å². The van der Waals surface area contributed by atoms with E-state index in [4.69, 9.17) is 9.52 Å². The van der Waals surface area contributed by atoms with Crippen molar-refractivity contribution in [3.05, 3.63) is 45.5 Å². The van der Waals surface area contributed by atoms with Crippen molar-refractivity contribution in [2.24, 2.45) is 0 Å². The molecule has 10 nitrogen and oxygen atoms in total. The number of methoxy groups -OCH3 is 1. The van der Waals surface area contributed by atoms with Crippen molar-refractivity contribution in [2.45, 2.75) is 13.3 Å². The van der Waals surface area contributed by atoms with Gasteiger partial charge in [-0.05, 0) is 24.3 Å². The van der Waals surface area contributed by atoms with Crippen molar-refractivity contribution in [1.29, 1.82) is 0 Å². The van der Waals surface area contributed by atoms with Crippen molar-refractivity contribution >= 4 is 41.2 Å². The van der Waals surface area contributed by atoms with Gasteiger partial charge in [0.2, 0.25) is 0 Å². The number of amides is 2. The lowest BCUT2D eigenvalue weighted by Crippen LogP contribution is -2.29. The predicted octanol–water partition coefficient (Wildman–Crippen LogP) is 1.06. The molecular formula is C19H22N2O8S. The third-order valence-electron chi connectivity index (χ3n) is 3.41. The molecule has 2 amide bonds. The van der Waals surface area contributed by atoms with E-state index in [2.05, 4.69) is 15.4 Å². The van der Waals surface area contributed by atoms with Crippen LogP contribution in [0, 0.1) is 0 Å². The van der Waals surface area contributed by atoms with Crippen LogP contribution in [0.1, 0.15) is 53.8 Å². The molecule has 0 aromatic carbocycles. The Morgan fingerprint density at radius 2 is 1.80 bits per heavy atom. The zero-order valence-corrected chi connectivity index (χ0v) is 17.2. The summed E-state index contributed by atoms with van der Waals surface area (Å²) < 4.78 is 9.22. The highest BCUT2D eigenvalue weighted by atomic mass is 32.1. The fourth-order valence-corrected chi connectivity index (χ4v) is 2.82. The Morgan fingerprint density at radius 1 is 1.10 bits per heavy atom. The molecule has 3 N–H and O–H groups in total. The molecule has 0 spiro atoms. The van der Waals surface area contributed by atoms with Crippen molar-refractivity contribution in [1.82, 2.24) is 10.6 Å². The second kappa shape index (κ2) is 13.0. The van der Waals surface area contributed by atoms with Crippen LogP contribution in [0.3, 0.4) is 0 Å². The summed E-state index contributed by atoms with van der Waals surface area (Å²) >= 11 is 1.12. The van der Waals surface area contributed by atoms with Crippen LogP contribution in [0.5, 0.6) is 0 Å². The van der Waals surface area contributed by atoms with E-state index in [-0.39, 0.29) is 42.9 Å². The first-order valence-corrected chi connectivity index (χ1v) is 9.60. The molecule has 2 aromatic rings. The monoisotopic (exact) mass is 438 g/mol. The van der Waals surface area contributed by atoms with Crippen molar-refractivity contribution in [3.8, 4) is 0 Å². The number of carbonyl (C=O) groups excluding carboxylic acids is 5. The highest BCUT2D eigenvalue weighted by Crippen LogP contribution is 2.17. The van der Waals surface area contributed by atoms with E-state index in [0.29, 0.717) is 22.5 Å². The van der Waals surface area contributed by atoms with E-state index in [1.807, 2.05) is 0 Å². The molecule has 30 heavy (non-hydrogen) atoms. The Labute approximate surface area is 176 Å². The topological polar surface area (TPSA) is 152 Å². The first-order chi connectivity index (χ1) is 14.4. The molecule has 0 saturated heterocycles. The van der Waals surface area contributed by atoms with Gasteiger partial charge in [-0.25, -0.2) is 0 Å². The number of ketones is 1. The fraction of sp³-hybridized carbons (Fsp3) is 0.316. The van der Waals surface area contributed by atoms with Gasteiger partial charge in [0, 0.05) is 13.0 Å². The number of carbonyl (C=O) groups is 5. The molecular weight excluding hydrogens is 416 g/mol. The van der Waals surface area contributed by atoms with Gasteiger partial charge in [0.1, 0.15) is 6.54 Å². The maximum absolute atomic E-state index is 11.6. The molecule has 0 unspecified atom stereocenters. The quantitative estimate of drug-likeness (QED) is 0.298. The van der Waals surface area contributed by atoms with E-state index in [0.717, 1.165) is 11.3 Å². The highest BCUT2D eigenvalue weighted by Gasteiger charge is 2.13. The summed E-state index contributed by atoms with van der Waals surface area (Å²) in [6.45, 7) is 1.62. The number of thiophene rings is 1. The Balaban J connectivity index is 0.000000311. The molecule has 2 aromatic heterocycles. The lowest BCUT2D eigenvalue weighted by Gasteiger charge is -2.00. The van der Waals surface area contributed by atoms with E-state index < -0.39 is 11.9 Å². The number of hydrogen-bond acceptors (Lipinski definition) is 9. The Kier molecular flexibility index (Phi) is 10.7. The second-order valence-electron chi connectivity index (χ2n) is 5.50. The number of aldehydes is 1. The molecule has 0 fully saturated rings. The summed E-state index contributed by atoms with van der Waals surface area (Å²) in [5, 5.41) is 13.2. The van der Waals surface area contributed by atoms with Gasteiger partial charge < -0.3 is 24.9 Å². The number of aliphatic hydroxyl groups is 1. The van der Waals surface area contributed by atoms with Gasteiger partial charge in [-0.2, -0.15) is 0 Å². The number of rotatable bonds is 9. The van der Waals surface area contributed by atoms with Gasteiger partial charge >= 0.3 is 5.97 Å². The molecule has 0 saturated carbocycles. The minimum atomic E-state index is -0.514. The molecule has 11 heteroatoms. The molecule has 0 aliphatic carbocycles. The predicted molar refractivity (Wildman–Crippen MR) is 107 cm³/mol. The highest BCUT2D eigenvalue weighted by molar-refractivity contribution is 7.16. The van der Waals surface area contributed by atoms with Crippen LogP contribution >= 0.6 is 11.3 Å². The summed E-state index contributed by atoms with van der Waals surface area (Å²) in [6.07, 6.45) is 0.923. The van der Waals surface area contributed by atoms with Crippen molar-refractivity contribution < 1.29 is 38.2 Å². The van der Waals surface area contributed by atoms with Crippen LogP contribution in [0.4, 0.5) is 0 Å². The summed E-state index contributed by atoms with van der Waals surface area (Å²) in [5.74, 6) is -1.16. The van der Waals surface area contributed by atoms with Gasteiger partial charge in [-0.1, -0.05) is 6.92 Å². The third-order valence-corrected chi connectivity index (χ3v) is 4.54. The molecule has 2 heterocycles. The van der Waals surface area contributed by atoms with Gasteiger partial charge in [-0.15, -0.1) is 11.3 Å². The third kappa shape index (κ3) is 7.97. The van der Waals surface area contributed by atoms with Gasteiger partial charge in [-0.3, -0.25) is 24.0 Å². The molecule has 0 radical (unpaired) electrons. The zero-order chi connectivity index (χ0) is 22.5. The molecule has 2 rings (SSSR count). The summed E-state index contributed by atoms with van der Waals surface area (Å²) in [5.41, 5.74) is 0. The Bertz CT molecular complexity index is 887. The van der Waals surface area contributed by atoms with Crippen LogP contribution in [-0.2, 0) is 9.53 Å². The average Bonchev–Trinajstić information content (AvgIpc) is 3.45. The maximum Gasteiger partial charge on any atom is 0.325 e. The lowest BCUT2D eigenvalue weighted by atomic mass is 10.2. The normalized spacial score (nSPS) is 9.70. The molecule has 162 valence electrons. The smallest absolute Gasteiger partial charge is 0.325 e. The van der Waals surface area contributed by atoms with Crippen molar-refractivity contribution in [2.75, 3.05) is 26.8 Å². The number of nitrogens with one attached hydrogen (secondary N) is 2. The number of ether oxygens (including phenoxy) is 1.